The molecule has 0 atom stereocenters. The van der Waals surface area contributed by atoms with Crippen LogP contribution in [0.25, 0.3) is 11.1 Å². The number of hydrogen-bond donors (Lipinski definition) is 1. The number of halogens is 1. The molecule has 0 aliphatic heterocycles. The Balaban J connectivity index is 2.38. The molecule has 0 unspecified atom stereocenters. The van der Waals surface area contributed by atoms with Crippen molar-refractivity contribution < 1.29 is 14.6 Å². The van der Waals surface area contributed by atoms with Gasteiger partial charge < -0.3 is 9.84 Å². The minimum atomic E-state index is -1.02. The van der Waals surface area contributed by atoms with Crippen molar-refractivity contribution in [3.8, 4) is 16.9 Å². The van der Waals surface area contributed by atoms with Gasteiger partial charge in [0.25, 0.3) is 0 Å². The highest BCUT2D eigenvalue weighted by atomic mass is 35.5. The Hall–Kier alpha value is -2.07. The molecular formula is C13H10ClNO3. The second-order valence-corrected chi connectivity index (χ2v) is 4.00. The van der Waals surface area contributed by atoms with Gasteiger partial charge >= 0.3 is 5.97 Å². The predicted molar refractivity (Wildman–Crippen MR) is 67.8 cm³/mol. The number of aromatic nitrogens is 1. The third kappa shape index (κ3) is 2.99. The average molecular weight is 264 g/mol. The zero-order chi connectivity index (χ0) is 13.0. The van der Waals surface area contributed by atoms with Gasteiger partial charge in [0.05, 0.1) is 0 Å². The Bertz CT molecular complexity index is 557. The summed E-state index contributed by atoms with van der Waals surface area (Å²) in [4.78, 5) is 14.5. The first kappa shape index (κ1) is 12.4. The van der Waals surface area contributed by atoms with Crippen molar-refractivity contribution in [2.45, 2.75) is 0 Å². The second-order valence-electron chi connectivity index (χ2n) is 3.56. The van der Waals surface area contributed by atoms with E-state index in [0.717, 1.165) is 11.1 Å². The summed E-state index contributed by atoms with van der Waals surface area (Å²) in [6.45, 7) is -0.389. The molecule has 4 nitrogen and oxygen atoms in total. The first-order chi connectivity index (χ1) is 8.66. The van der Waals surface area contributed by atoms with Crippen LogP contribution in [-0.4, -0.2) is 22.7 Å². The van der Waals surface area contributed by atoms with Gasteiger partial charge in [0.1, 0.15) is 5.75 Å². The summed E-state index contributed by atoms with van der Waals surface area (Å²) in [5, 5.41) is 9.19. The number of carboxylic acids is 1. The lowest BCUT2D eigenvalue weighted by molar-refractivity contribution is -0.139. The van der Waals surface area contributed by atoms with Crippen molar-refractivity contribution in [3.05, 3.63) is 47.7 Å². The summed E-state index contributed by atoms with van der Waals surface area (Å²) in [6, 6.07) is 8.65. The van der Waals surface area contributed by atoms with Gasteiger partial charge in [-0.15, -0.1) is 0 Å². The number of pyridine rings is 1. The zero-order valence-electron chi connectivity index (χ0n) is 9.34. The van der Waals surface area contributed by atoms with Crippen molar-refractivity contribution in [1.29, 1.82) is 0 Å². The van der Waals surface area contributed by atoms with Gasteiger partial charge in [0.2, 0.25) is 0 Å². The third-order valence-electron chi connectivity index (χ3n) is 2.28. The number of aliphatic carboxylic acids is 1. The molecule has 2 aromatic rings. The predicted octanol–water partition coefficient (Wildman–Crippen LogP) is 2.87. The van der Waals surface area contributed by atoms with E-state index in [2.05, 4.69) is 4.98 Å². The summed E-state index contributed by atoms with van der Waals surface area (Å²) in [5.74, 6) is -0.543. The lowest BCUT2D eigenvalue weighted by Crippen LogP contribution is -2.09. The molecular weight excluding hydrogens is 254 g/mol. The number of benzene rings is 1. The zero-order valence-corrected chi connectivity index (χ0v) is 10.1. The van der Waals surface area contributed by atoms with Crippen molar-refractivity contribution in [1.82, 2.24) is 4.98 Å². The largest absolute Gasteiger partial charge is 0.481 e. The van der Waals surface area contributed by atoms with E-state index in [1.54, 1.807) is 42.7 Å². The molecule has 0 saturated carbocycles. The minimum absolute atomic E-state index is 0.389. The number of nitrogens with zero attached hydrogens (tertiary/aromatic N) is 1. The molecule has 0 radical (unpaired) electrons. The maximum Gasteiger partial charge on any atom is 0.341 e. The Labute approximate surface area is 109 Å². The molecule has 1 aromatic carbocycles. The van der Waals surface area contributed by atoms with E-state index < -0.39 is 5.97 Å². The van der Waals surface area contributed by atoms with Crippen LogP contribution in [0.15, 0.2) is 42.7 Å². The maximum atomic E-state index is 10.5. The van der Waals surface area contributed by atoms with Crippen LogP contribution in [0, 0.1) is 0 Å². The van der Waals surface area contributed by atoms with Gasteiger partial charge in [-0.3, -0.25) is 4.98 Å². The summed E-state index contributed by atoms with van der Waals surface area (Å²) in [6.07, 6.45) is 3.30. The number of rotatable bonds is 4. The van der Waals surface area contributed by atoms with E-state index in [1.807, 2.05) is 0 Å². The van der Waals surface area contributed by atoms with E-state index in [1.165, 1.54) is 0 Å². The molecule has 5 heteroatoms. The van der Waals surface area contributed by atoms with E-state index >= 15 is 0 Å². The Morgan fingerprint density at radius 1 is 1.28 bits per heavy atom. The molecule has 1 aromatic heterocycles. The molecule has 1 N–H and O–H groups in total. The summed E-state index contributed by atoms with van der Waals surface area (Å²) in [5.41, 5.74) is 1.61. The van der Waals surface area contributed by atoms with Crippen LogP contribution in [0.5, 0.6) is 5.75 Å². The number of ether oxygens (including phenoxy) is 1. The highest BCUT2D eigenvalue weighted by molar-refractivity contribution is 6.31. The molecule has 92 valence electrons. The lowest BCUT2D eigenvalue weighted by atomic mass is 10.1. The van der Waals surface area contributed by atoms with Gasteiger partial charge in [-0.2, -0.15) is 0 Å². The summed E-state index contributed by atoms with van der Waals surface area (Å²) in [7, 11) is 0. The van der Waals surface area contributed by atoms with E-state index in [-0.39, 0.29) is 6.61 Å². The molecule has 0 aliphatic carbocycles. The fraction of sp³-hybridized carbons (Fsp3) is 0.0769. The monoisotopic (exact) mass is 263 g/mol. The molecule has 1 heterocycles. The fourth-order valence-electron chi connectivity index (χ4n) is 1.52. The van der Waals surface area contributed by atoms with Gasteiger partial charge in [-0.1, -0.05) is 11.6 Å². The number of carbonyl (C=O) groups is 1. The summed E-state index contributed by atoms with van der Waals surface area (Å²) < 4.78 is 5.23. The molecule has 2 rings (SSSR count). The lowest BCUT2D eigenvalue weighted by Gasteiger charge is -2.10. The van der Waals surface area contributed by atoms with Crippen LogP contribution in [-0.2, 0) is 4.79 Å². The minimum Gasteiger partial charge on any atom is -0.481 e. The highest BCUT2D eigenvalue weighted by Gasteiger charge is 2.08. The molecule has 0 bridgehead atoms. The van der Waals surface area contributed by atoms with Crippen LogP contribution in [0.4, 0.5) is 0 Å². The first-order valence-electron chi connectivity index (χ1n) is 5.21. The van der Waals surface area contributed by atoms with Crippen molar-refractivity contribution >= 4 is 17.6 Å². The molecule has 0 fully saturated rings. The fourth-order valence-corrected chi connectivity index (χ4v) is 1.70. The average Bonchev–Trinajstić information content (AvgIpc) is 2.38. The maximum absolute atomic E-state index is 10.5. The van der Waals surface area contributed by atoms with Crippen LogP contribution >= 0.6 is 11.6 Å². The number of hydrogen-bond acceptors (Lipinski definition) is 3. The third-order valence-corrected chi connectivity index (χ3v) is 2.52. The normalized spacial score (nSPS) is 10.1. The van der Waals surface area contributed by atoms with Crippen LogP contribution in [0.2, 0.25) is 5.02 Å². The van der Waals surface area contributed by atoms with E-state index in [9.17, 15) is 4.79 Å². The van der Waals surface area contributed by atoms with Crippen molar-refractivity contribution in [3.63, 3.8) is 0 Å². The summed E-state index contributed by atoms with van der Waals surface area (Å²) >= 11 is 5.94. The van der Waals surface area contributed by atoms with E-state index in [0.29, 0.717) is 10.8 Å². The van der Waals surface area contributed by atoms with E-state index in [4.69, 9.17) is 21.4 Å². The van der Waals surface area contributed by atoms with Crippen LogP contribution < -0.4 is 4.74 Å². The topological polar surface area (TPSA) is 59.4 Å². The molecule has 0 amide bonds. The Kier molecular flexibility index (Phi) is 3.79. The smallest absolute Gasteiger partial charge is 0.341 e. The van der Waals surface area contributed by atoms with Crippen LogP contribution in [0.3, 0.4) is 0 Å². The molecule has 0 aliphatic rings. The molecule has 0 saturated heterocycles. The van der Waals surface area contributed by atoms with Gasteiger partial charge in [0, 0.05) is 23.0 Å². The quantitative estimate of drug-likeness (QED) is 0.921. The molecule has 18 heavy (non-hydrogen) atoms. The Morgan fingerprint density at radius 2 is 2.00 bits per heavy atom. The van der Waals surface area contributed by atoms with Crippen molar-refractivity contribution in [2.75, 3.05) is 6.61 Å². The SMILES string of the molecule is O=C(O)COc1ccc(Cl)cc1-c1ccncc1. The van der Waals surface area contributed by atoms with Gasteiger partial charge in [0.15, 0.2) is 6.61 Å². The van der Waals surface area contributed by atoms with Crippen LogP contribution in [0.1, 0.15) is 0 Å². The second kappa shape index (κ2) is 5.51. The van der Waals surface area contributed by atoms with Gasteiger partial charge in [-0.25, -0.2) is 4.79 Å². The Morgan fingerprint density at radius 3 is 2.67 bits per heavy atom. The van der Waals surface area contributed by atoms with Crippen molar-refractivity contribution in [2.24, 2.45) is 0 Å². The van der Waals surface area contributed by atoms with Gasteiger partial charge in [-0.05, 0) is 35.9 Å². The highest BCUT2D eigenvalue weighted by Crippen LogP contribution is 2.32. The molecule has 0 spiro atoms. The number of carboxylic acid groups (broad SMARTS) is 1. The first-order valence-corrected chi connectivity index (χ1v) is 5.59. The standard InChI is InChI=1S/C13H10ClNO3/c14-10-1-2-12(18-8-13(16)17)11(7-10)9-3-5-15-6-4-9/h1-7H,8H2,(H,16,17).